The summed E-state index contributed by atoms with van der Waals surface area (Å²) in [5.41, 5.74) is 2.15. The van der Waals surface area contributed by atoms with Gasteiger partial charge in [0.25, 0.3) is 0 Å². The molecule has 1 N–H and O–H groups in total. The number of thiophene rings is 1. The Morgan fingerprint density at radius 3 is 2.82 bits per heavy atom. The smallest absolute Gasteiger partial charge is 0.208 e. The zero-order valence-corrected chi connectivity index (χ0v) is 11.7. The van der Waals surface area contributed by atoms with E-state index in [9.17, 15) is 0 Å². The second kappa shape index (κ2) is 5.21. The summed E-state index contributed by atoms with van der Waals surface area (Å²) in [7, 11) is 0. The highest BCUT2D eigenvalue weighted by Crippen LogP contribution is 2.24. The van der Waals surface area contributed by atoms with Gasteiger partial charge in [-0.25, -0.2) is 4.98 Å². The van der Waals surface area contributed by atoms with Crippen molar-refractivity contribution in [1.29, 1.82) is 0 Å². The summed E-state index contributed by atoms with van der Waals surface area (Å²) in [5.74, 6) is 1.61. The third kappa shape index (κ3) is 3.09. The Morgan fingerprint density at radius 1 is 1.53 bits per heavy atom. The van der Waals surface area contributed by atoms with Crippen LogP contribution in [0.2, 0.25) is 4.34 Å². The molecule has 3 nitrogen and oxygen atoms in total. The van der Waals surface area contributed by atoms with Gasteiger partial charge in [0.15, 0.2) is 0 Å². The van der Waals surface area contributed by atoms with Crippen LogP contribution in [0.3, 0.4) is 0 Å². The second-order valence-corrected chi connectivity index (χ2v) is 5.58. The van der Waals surface area contributed by atoms with Crippen LogP contribution >= 0.6 is 22.9 Å². The second-order valence-electron chi connectivity index (χ2n) is 4.04. The van der Waals surface area contributed by atoms with Gasteiger partial charge in [-0.3, -0.25) is 0 Å². The minimum Gasteiger partial charge on any atom is -0.444 e. The van der Waals surface area contributed by atoms with E-state index in [4.69, 9.17) is 16.0 Å². The molecular weight excluding hydrogens is 256 g/mol. The number of rotatable bonds is 4. The van der Waals surface area contributed by atoms with Crippen LogP contribution in [0, 0.1) is 13.8 Å². The number of nitrogens with one attached hydrogen (secondary N) is 1. The van der Waals surface area contributed by atoms with E-state index in [0.717, 1.165) is 21.7 Å². The van der Waals surface area contributed by atoms with Crippen LogP contribution in [0.5, 0.6) is 0 Å². The fourth-order valence-electron chi connectivity index (χ4n) is 1.52. The molecule has 0 bridgehead atoms. The minimum atomic E-state index is 0.242. The first-order valence-electron chi connectivity index (χ1n) is 5.46. The van der Waals surface area contributed by atoms with Crippen LogP contribution in [0.4, 0.5) is 0 Å². The lowest BCUT2D eigenvalue weighted by Gasteiger charge is -2.10. The van der Waals surface area contributed by atoms with Gasteiger partial charge in [-0.1, -0.05) is 11.6 Å². The third-order valence-electron chi connectivity index (χ3n) is 2.72. The number of aromatic nitrogens is 1. The molecule has 92 valence electrons. The molecule has 0 aliphatic rings. The lowest BCUT2D eigenvalue weighted by molar-refractivity contribution is 0.432. The standard InChI is InChI=1S/C12H15ClN2OS/c1-7-9(3)16-12(15-7)5-14-8(2)10-4-11(13)17-6-10/h4,6,8,14H,5H2,1-3H3. The summed E-state index contributed by atoms with van der Waals surface area (Å²) < 4.78 is 6.32. The molecule has 1 unspecified atom stereocenters. The van der Waals surface area contributed by atoms with Crippen LogP contribution in [-0.4, -0.2) is 4.98 Å². The Kier molecular flexibility index (Phi) is 3.86. The average molecular weight is 271 g/mol. The summed E-state index contributed by atoms with van der Waals surface area (Å²) in [6, 6.07) is 2.22. The summed E-state index contributed by atoms with van der Waals surface area (Å²) in [6.45, 7) is 6.60. The summed E-state index contributed by atoms with van der Waals surface area (Å²) in [4.78, 5) is 4.33. The molecule has 17 heavy (non-hydrogen) atoms. The molecule has 0 spiro atoms. The van der Waals surface area contributed by atoms with Gasteiger partial charge in [-0.05, 0) is 37.8 Å². The van der Waals surface area contributed by atoms with E-state index in [1.165, 1.54) is 5.56 Å². The highest BCUT2D eigenvalue weighted by Gasteiger charge is 2.10. The van der Waals surface area contributed by atoms with Gasteiger partial charge < -0.3 is 9.73 Å². The Balaban J connectivity index is 1.94. The van der Waals surface area contributed by atoms with Crippen molar-refractivity contribution in [2.24, 2.45) is 0 Å². The number of hydrogen-bond donors (Lipinski definition) is 1. The SMILES string of the molecule is Cc1nc(CNC(C)c2csc(Cl)c2)oc1C. The largest absolute Gasteiger partial charge is 0.444 e. The Morgan fingerprint density at radius 2 is 2.29 bits per heavy atom. The fraction of sp³-hybridized carbons (Fsp3) is 0.417. The quantitative estimate of drug-likeness (QED) is 0.917. The molecule has 0 aliphatic carbocycles. The molecule has 2 heterocycles. The predicted octanol–water partition coefficient (Wildman–Crippen LogP) is 3.86. The van der Waals surface area contributed by atoms with Crippen molar-refractivity contribution in [1.82, 2.24) is 10.3 Å². The van der Waals surface area contributed by atoms with Crippen LogP contribution in [0.15, 0.2) is 15.9 Å². The molecule has 1 atom stereocenters. The maximum Gasteiger partial charge on any atom is 0.208 e. The molecule has 2 rings (SSSR count). The van der Waals surface area contributed by atoms with Crippen molar-refractivity contribution in [2.75, 3.05) is 0 Å². The number of hydrogen-bond acceptors (Lipinski definition) is 4. The summed E-state index contributed by atoms with van der Waals surface area (Å²) in [5, 5.41) is 5.42. The van der Waals surface area contributed by atoms with Gasteiger partial charge in [0, 0.05) is 6.04 Å². The van der Waals surface area contributed by atoms with Gasteiger partial charge >= 0.3 is 0 Å². The molecule has 0 amide bonds. The van der Waals surface area contributed by atoms with E-state index >= 15 is 0 Å². The van der Waals surface area contributed by atoms with Crippen molar-refractivity contribution in [3.8, 4) is 0 Å². The first kappa shape index (κ1) is 12.6. The van der Waals surface area contributed by atoms with Crippen LogP contribution < -0.4 is 5.32 Å². The number of oxazole rings is 1. The first-order chi connectivity index (χ1) is 8.06. The maximum atomic E-state index is 5.91. The summed E-state index contributed by atoms with van der Waals surface area (Å²) >= 11 is 7.45. The predicted molar refractivity (Wildman–Crippen MR) is 70.6 cm³/mol. The fourth-order valence-corrected chi connectivity index (χ4v) is 2.51. The molecule has 5 heteroatoms. The maximum absolute atomic E-state index is 5.91. The van der Waals surface area contributed by atoms with E-state index in [-0.39, 0.29) is 6.04 Å². The van der Waals surface area contributed by atoms with Crippen molar-refractivity contribution in [2.45, 2.75) is 33.4 Å². The van der Waals surface area contributed by atoms with Crippen LogP contribution in [-0.2, 0) is 6.54 Å². The topological polar surface area (TPSA) is 38.1 Å². The summed E-state index contributed by atoms with van der Waals surface area (Å²) in [6.07, 6.45) is 0. The van der Waals surface area contributed by atoms with Gasteiger partial charge in [0.1, 0.15) is 5.76 Å². The molecule has 0 fully saturated rings. The zero-order valence-electron chi connectivity index (χ0n) is 10.1. The van der Waals surface area contributed by atoms with Crippen molar-refractivity contribution < 1.29 is 4.42 Å². The van der Waals surface area contributed by atoms with Crippen molar-refractivity contribution >= 4 is 22.9 Å². The molecule has 2 aromatic rings. The first-order valence-corrected chi connectivity index (χ1v) is 6.72. The van der Waals surface area contributed by atoms with Crippen molar-refractivity contribution in [3.63, 3.8) is 0 Å². The number of halogens is 1. The van der Waals surface area contributed by atoms with Crippen molar-refractivity contribution in [3.05, 3.63) is 38.7 Å². The Hall–Kier alpha value is -0.840. The highest BCUT2D eigenvalue weighted by molar-refractivity contribution is 7.14. The molecule has 2 aromatic heterocycles. The number of nitrogens with zero attached hydrogens (tertiary/aromatic N) is 1. The molecule has 0 aromatic carbocycles. The normalized spacial score (nSPS) is 12.9. The molecular formula is C12H15ClN2OS. The average Bonchev–Trinajstić information content (AvgIpc) is 2.83. The van der Waals surface area contributed by atoms with E-state index in [1.54, 1.807) is 11.3 Å². The minimum absolute atomic E-state index is 0.242. The number of aryl methyl sites for hydroxylation is 2. The molecule has 0 saturated heterocycles. The Bertz CT molecular complexity index is 487. The van der Waals surface area contributed by atoms with Crippen LogP contribution in [0.25, 0.3) is 0 Å². The van der Waals surface area contributed by atoms with Gasteiger partial charge in [0.05, 0.1) is 16.6 Å². The monoisotopic (exact) mass is 270 g/mol. The van der Waals surface area contributed by atoms with Gasteiger partial charge in [0.2, 0.25) is 5.89 Å². The van der Waals surface area contributed by atoms with E-state index in [1.807, 2.05) is 19.9 Å². The Labute approximate surface area is 110 Å². The zero-order chi connectivity index (χ0) is 12.4. The molecule has 0 radical (unpaired) electrons. The van der Waals surface area contributed by atoms with Crippen LogP contribution in [0.1, 0.15) is 35.9 Å². The molecule has 0 saturated carbocycles. The lowest BCUT2D eigenvalue weighted by atomic mass is 10.2. The third-order valence-corrected chi connectivity index (χ3v) is 3.83. The van der Waals surface area contributed by atoms with E-state index in [0.29, 0.717) is 6.54 Å². The lowest BCUT2D eigenvalue weighted by Crippen LogP contribution is -2.17. The van der Waals surface area contributed by atoms with Gasteiger partial charge in [-0.15, -0.1) is 11.3 Å². The van der Waals surface area contributed by atoms with Gasteiger partial charge in [-0.2, -0.15) is 0 Å². The molecule has 0 aliphatic heterocycles. The highest BCUT2D eigenvalue weighted by atomic mass is 35.5. The van der Waals surface area contributed by atoms with E-state index < -0.39 is 0 Å². The van der Waals surface area contributed by atoms with E-state index in [2.05, 4.69) is 22.6 Å².